The minimum atomic E-state index is -1.02. The van der Waals surface area contributed by atoms with Gasteiger partial charge in [0.15, 0.2) is 0 Å². The average Bonchev–Trinajstić information content (AvgIpc) is 2.46. The Kier molecular flexibility index (Phi) is 4.56. The van der Waals surface area contributed by atoms with Gasteiger partial charge in [0.2, 0.25) is 5.91 Å². The highest BCUT2D eigenvalue weighted by Gasteiger charge is 2.27. The summed E-state index contributed by atoms with van der Waals surface area (Å²) in [5.41, 5.74) is 2.48. The van der Waals surface area contributed by atoms with Crippen molar-refractivity contribution < 1.29 is 14.7 Å². The third-order valence-electron chi connectivity index (χ3n) is 3.73. The highest BCUT2D eigenvalue weighted by atomic mass is 16.4. The molecule has 0 heterocycles. The number of hydrogen-bond donors (Lipinski definition) is 2. The number of carbonyl (C=O) groups excluding carboxylic acids is 1. The lowest BCUT2D eigenvalue weighted by Gasteiger charge is -2.25. The van der Waals surface area contributed by atoms with Gasteiger partial charge in [-0.1, -0.05) is 30.3 Å². The van der Waals surface area contributed by atoms with Crippen LogP contribution in [0.5, 0.6) is 0 Å². The number of carboxylic acids is 1. The number of fused-ring (bicyclic) bond motifs is 1. The lowest BCUT2D eigenvalue weighted by Crippen LogP contribution is -2.44. The van der Waals surface area contributed by atoms with Gasteiger partial charge < -0.3 is 10.4 Å². The van der Waals surface area contributed by atoms with Gasteiger partial charge in [0, 0.05) is 5.92 Å². The molecule has 2 N–H and O–H groups in total. The standard InChI is InChI=1S/C16H19NO3/c1-2-5-14(16(19)20)17-15(18)13-9-8-11-6-3-4-7-12(11)10-13/h2-4,6-7,13-14H,1,5,8-10H2,(H,17,18)(H,19,20). The lowest BCUT2D eigenvalue weighted by atomic mass is 9.83. The van der Waals surface area contributed by atoms with Crippen LogP contribution in [0.4, 0.5) is 0 Å². The van der Waals surface area contributed by atoms with Crippen LogP contribution in [0.1, 0.15) is 24.0 Å². The maximum atomic E-state index is 12.2. The van der Waals surface area contributed by atoms with E-state index in [0.717, 1.165) is 12.8 Å². The molecule has 4 heteroatoms. The molecular weight excluding hydrogens is 254 g/mol. The molecule has 0 fully saturated rings. The van der Waals surface area contributed by atoms with E-state index < -0.39 is 12.0 Å². The van der Waals surface area contributed by atoms with E-state index in [0.29, 0.717) is 6.42 Å². The molecule has 0 saturated carbocycles. The number of carbonyl (C=O) groups is 2. The van der Waals surface area contributed by atoms with E-state index in [2.05, 4.69) is 18.0 Å². The summed E-state index contributed by atoms with van der Waals surface area (Å²) in [6.07, 6.45) is 4.07. The van der Waals surface area contributed by atoms with Crippen LogP contribution in [0, 0.1) is 5.92 Å². The zero-order chi connectivity index (χ0) is 14.5. The monoisotopic (exact) mass is 273 g/mol. The fourth-order valence-electron chi connectivity index (χ4n) is 2.60. The smallest absolute Gasteiger partial charge is 0.326 e. The van der Waals surface area contributed by atoms with Gasteiger partial charge in [-0.25, -0.2) is 4.79 Å². The predicted octanol–water partition coefficient (Wildman–Crippen LogP) is 1.94. The number of amides is 1. The van der Waals surface area contributed by atoms with Crippen molar-refractivity contribution in [2.75, 3.05) is 0 Å². The molecule has 4 nitrogen and oxygen atoms in total. The van der Waals surface area contributed by atoms with Gasteiger partial charge in [0.05, 0.1) is 0 Å². The third kappa shape index (κ3) is 3.26. The maximum absolute atomic E-state index is 12.2. The first-order valence-corrected chi connectivity index (χ1v) is 6.82. The molecule has 0 saturated heterocycles. The first kappa shape index (κ1) is 14.3. The molecule has 1 aromatic carbocycles. The summed E-state index contributed by atoms with van der Waals surface area (Å²) in [6, 6.07) is 7.21. The maximum Gasteiger partial charge on any atom is 0.326 e. The molecule has 0 aliphatic heterocycles. The van der Waals surface area contributed by atoms with Gasteiger partial charge in [-0.2, -0.15) is 0 Å². The second-order valence-electron chi connectivity index (χ2n) is 5.13. The van der Waals surface area contributed by atoms with E-state index in [1.54, 1.807) is 0 Å². The number of rotatable bonds is 5. The van der Waals surface area contributed by atoms with Crippen molar-refractivity contribution >= 4 is 11.9 Å². The van der Waals surface area contributed by atoms with Crippen LogP contribution in [-0.2, 0) is 22.4 Å². The van der Waals surface area contributed by atoms with Crippen molar-refractivity contribution in [1.82, 2.24) is 5.32 Å². The highest BCUT2D eigenvalue weighted by Crippen LogP contribution is 2.25. The Hall–Kier alpha value is -2.10. The van der Waals surface area contributed by atoms with E-state index in [1.807, 2.05) is 18.2 Å². The normalized spacial score (nSPS) is 18.7. The quantitative estimate of drug-likeness (QED) is 0.806. The van der Waals surface area contributed by atoms with E-state index >= 15 is 0 Å². The Morgan fingerprint density at radius 2 is 2.10 bits per heavy atom. The summed E-state index contributed by atoms with van der Waals surface area (Å²) in [7, 11) is 0. The topological polar surface area (TPSA) is 66.4 Å². The summed E-state index contributed by atoms with van der Waals surface area (Å²) < 4.78 is 0. The zero-order valence-corrected chi connectivity index (χ0v) is 11.3. The van der Waals surface area contributed by atoms with Crippen molar-refractivity contribution in [3.63, 3.8) is 0 Å². The second kappa shape index (κ2) is 6.37. The molecule has 0 spiro atoms. The van der Waals surface area contributed by atoms with Crippen LogP contribution in [0.2, 0.25) is 0 Å². The van der Waals surface area contributed by atoms with E-state index in [4.69, 9.17) is 5.11 Å². The van der Waals surface area contributed by atoms with E-state index in [1.165, 1.54) is 17.2 Å². The Balaban J connectivity index is 2.01. The first-order chi connectivity index (χ1) is 9.61. The largest absolute Gasteiger partial charge is 0.480 e. The predicted molar refractivity (Wildman–Crippen MR) is 76.3 cm³/mol. The fraction of sp³-hybridized carbons (Fsp3) is 0.375. The summed E-state index contributed by atoms with van der Waals surface area (Å²) in [5.74, 6) is -1.33. The lowest BCUT2D eigenvalue weighted by molar-refractivity contribution is -0.142. The molecule has 1 aromatic rings. The molecular formula is C16H19NO3. The molecule has 2 unspecified atom stereocenters. The third-order valence-corrected chi connectivity index (χ3v) is 3.73. The summed E-state index contributed by atoms with van der Waals surface area (Å²) >= 11 is 0. The molecule has 1 aliphatic rings. The van der Waals surface area contributed by atoms with Crippen molar-refractivity contribution in [2.24, 2.45) is 5.92 Å². The molecule has 0 aromatic heterocycles. The van der Waals surface area contributed by atoms with Gasteiger partial charge in [-0.3, -0.25) is 4.79 Å². The molecule has 0 bridgehead atoms. The minimum absolute atomic E-state index is 0.142. The number of carboxylic acid groups (broad SMARTS) is 1. The van der Waals surface area contributed by atoms with Crippen LogP contribution in [0.25, 0.3) is 0 Å². The second-order valence-corrected chi connectivity index (χ2v) is 5.13. The van der Waals surface area contributed by atoms with Gasteiger partial charge in [-0.15, -0.1) is 6.58 Å². The number of hydrogen-bond acceptors (Lipinski definition) is 2. The average molecular weight is 273 g/mol. The van der Waals surface area contributed by atoms with Gasteiger partial charge >= 0.3 is 5.97 Å². The molecule has 106 valence electrons. The number of benzene rings is 1. The molecule has 1 amide bonds. The molecule has 20 heavy (non-hydrogen) atoms. The summed E-state index contributed by atoms with van der Waals surface area (Å²) in [5, 5.41) is 11.7. The number of aliphatic carboxylic acids is 1. The summed E-state index contributed by atoms with van der Waals surface area (Å²) in [4.78, 5) is 23.2. The SMILES string of the molecule is C=CCC(NC(=O)C1CCc2ccccc2C1)C(=O)O. The fourth-order valence-corrected chi connectivity index (χ4v) is 2.60. The Bertz CT molecular complexity index is 524. The minimum Gasteiger partial charge on any atom is -0.480 e. The molecule has 0 radical (unpaired) electrons. The van der Waals surface area contributed by atoms with Crippen LogP contribution < -0.4 is 5.32 Å². The zero-order valence-electron chi connectivity index (χ0n) is 11.3. The van der Waals surface area contributed by atoms with Crippen LogP contribution >= 0.6 is 0 Å². The Labute approximate surface area is 118 Å². The van der Waals surface area contributed by atoms with Gasteiger partial charge in [-0.05, 0) is 36.8 Å². The Morgan fingerprint density at radius 1 is 1.40 bits per heavy atom. The van der Waals surface area contributed by atoms with Crippen LogP contribution in [0.3, 0.4) is 0 Å². The van der Waals surface area contributed by atoms with E-state index in [-0.39, 0.29) is 18.2 Å². The molecule has 2 atom stereocenters. The van der Waals surface area contributed by atoms with Crippen molar-refractivity contribution in [1.29, 1.82) is 0 Å². The van der Waals surface area contributed by atoms with Crippen LogP contribution in [0.15, 0.2) is 36.9 Å². The number of aryl methyl sites for hydroxylation is 1. The van der Waals surface area contributed by atoms with Crippen molar-refractivity contribution in [3.05, 3.63) is 48.0 Å². The highest BCUT2D eigenvalue weighted by molar-refractivity contribution is 5.85. The van der Waals surface area contributed by atoms with Gasteiger partial charge in [0.25, 0.3) is 0 Å². The number of nitrogens with one attached hydrogen (secondary N) is 1. The first-order valence-electron chi connectivity index (χ1n) is 6.82. The van der Waals surface area contributed by atoms with Crippen molar-refractivity contribution in [3.8, 4) is 0 Å². The Morgan fingerprint density at radius 3 is 2.75 bits per heavy atom. The summed E-state index contributed by atoms with van der Waals surface area (Å²) in [6.45, 7) is 3.52. The van der Waals surface area contributed by atoms with Crippen molar-refractivity contribution in [2.45, 2.75) is 31.7 Å². The van der Waals surface area contributed by atoms with Gasteiger partial charge in [0.1, 0.15) is 6.04 Å². The molecule has 2 rings (SSSR count). The van der Waals surface area contributed by atoms with E-state index in [9.17, 15) is 9.59 Å². The molecule has 1 aliphatic carbocycles. The van der Waals surface area contributed by atoms with Crippen LogP contribution in [-0.4, -0.2) is 23.0 Å².